The molecule has 0 aliphatic heterocycles. The van der Waals surface area contributed by atoms with Gasteiger partial charge in [0.15, 0.2) is 6.10 Å². The standard InChI is InChI=1S/C21H14Cl2O3/c22-16-12-10-15(11-13-16)20(19(24)14-6-2-1-3-7-14)26-21(25)17-8-4-5-9-18(17)23/h1-13,20H/t20-/m0/s1. The molecule has 0 aliphatic carbocycles. The Morgan fingerprint density at radius 2 is 1.38 bits per heavy atom. The normalized spacial score (nSPS) is 11.6. The van der Waals surface area contributed by atoms with Crippen LogP contribution in [0.3, 0.4) is 0 Å². The van der Waals surface area contributed by atoms with Crippen LogP contribution in [0.2, 0.25) is 10.0 Å². The van der Waals surface area contributed by atoms with Crippen molar-refractivity contribution in [2.45, 2.75) is 6.10 Å². The first-order chi connectivity index (χ1) is 12.6. The van der Waals surface area contributed by atoms with Crippen molar-refractivity contribution >= 4 is 35.0 Å². The fourth-order valence-corrected chi connectivity index (χ4v) is 2.80. The lowest BCUT2D eigenvalue weighted by Gasteiger charge is -2.18. The van der Waals surface area contributed by atoms with E-state index in [9.17, 15) is 9.59 Å². The average Bonchev–Trinajstić information content (AvgIpc) is 2.67. The van der Waals surface area contributed by atoms with E-state index in [-0.39, 0.29) is 16.4 Å². The van der Waals surface area contributed by atoms with E-state index in [4.69, 9.17) is 27.9 Å². The lowest BCUT2D eigenvalue weighted by Crippen LogP contribution is -2.20. The molecule has 3 aromatic carbocycles. The summed E-state index contributed by atoms with van der Waals surface area (Å²) < 4.78 is 5.54. The van der Waals surface area contributed by atoms with E-state index < -0.39 is 12.1 Å². The van der Waals surface area contributed by atoms with Gasteiger partial charge in [-0.25, -0.2) is 4.79 Å². The highest BCUT2D eigenvalue weighted by molar-refractivity contribution is 6.33. The van der Waals surface area contributed by atoms with Crippen LogP contribution in [0, 0.1) is 0 Å². The van der Waals surface area contributed by atoms with Gasteiger partial charge in [-0.15, -0.1) is 0 Å². The lowest BCUT2D eigenvalue weighted by atomic mass is 9.99. The van der Waals surface area contributed by atoms with Crippen LogP contribution in [0.4, 0.5) is 0 Å². The predicted molar refractivity (Wildman–Crippen MR) is 102 cm³/mol. The van der Waals surface area contributed by atoms with E-state index in [1.54, 1.807) is 72.8 Å². The van der Waals surface area contributed by atoms with Gasteiger partial charge >= 0.3 is 5.97 Å². The van der Waals surface area contributed by atoms with Gasteiger partial charge in [0.1, 0.15) is 0 Å². The number of esters is 1. The lowest BCUT2D eigenvalue weighted by molar-refractivity contribution is 0.0280. The summed E-state index contributed by atoms with van der Waals surface area (Å²) >= 11 is 12.0. The van der Waals surface area contributed by atoms with E-state index in [1.165, 1.54) is 0 Å². The summed E-state index contributed by atoms with van der Waals surface area (Å²) in [6.45, 7) is 0. The van der Waals surface area contributed by atoms with Crippen LogP contribution in [-0.4, -0.2) is 11.8 Å². The first-order valence-electron chi connectivity index (χ1n) is 7.86. The van der Waals surface area contributed by atoms with Crippen molar-refractivity contribution in [3.05, 3.63) is 106 Å². The molecular formula is C21H14Cl2O3. The van der Waals surface area contributed by atoms with Gasteiger partial charge in [-0.1, -0.05) is 77.8 Å². The molecule has 0 bridgehead atoms. The molecule has 0 aliphatic rings. The number of rotatable bonds is 5. The number of benzene rings is 3. The molecule has 0 aromatic heterocycles. The third-order valence-corrected chi connectivity index (χ3v) is 4.37. The Morgan fingerprint density at radius 1 is 0.769 bits per heavy atom. The molecule has 0 saturated carbocycles. The molecule has 0 radical (unpaired) electrons. The van der Waals surface area contributed by atoms with Gasteiger partial charge in [0.2, 0.25) is 5.78 Å². The SMILES string of the molecule is O=C(O[C@H](C(=O)c1ccccc1)c1ccc(Cl)cc1)c1ccccc1Cl. The van der Waals surface area contributed by atoms with Gasteiger partial charge < -0.3 is 4.74 Å². The number of carbonyl (C=O) groups is 2. The molecule has 0 fully saturated rings. The Kier molecular flexibility index (Phi) is 5.71. The van der Waals surface area contributed by atoms with Crippen LogP contribution in [0.15, 0.2) is 78.9 Å². The molecule has 0 amide bonds. The highest BCUT2D eigenvalue weighted by Gasteiger charge is 2.27. The minimum absolute atomic E-state index is 0.203. The second-order valence-corrected chi connectivity index (χ2v) is 6.39. The number of Topliss-reactive ketones (excluding diaryl/α,β-unsaturated/α-hetero) is 1. The van der Waals surface area contributed by atoms with Crippen molar-refractivity contribution in [1.82, 2.24) is 0 Å². The summed E-state index contributed by atoms with van der Waals surface area (Å²) in [4.78, 5) is 25.5. The first-order valence-corrected chi connectivity index (χ1v) is 8.62. The topological polar surface area (TPSA) is 43.4 Å². The van der Waals surface area contributed by atoms with Gasteiger partial charge in [-0.2, -0.15) is 0 Å². The summed E-state index contributed by atoms with van der Waals surface area (Å²) in [5.41, 5.74) is 1.18. The Labute approximate surface area is 161 Å². The molecule has 3 aromatic rings. The molecule has 0 N–H and O–H groups in total. The van der Waals surface area contributed by atoms with Crippen LogP contribution in [0.1, 0.15) is 32.4 Å². The van der Waals surface area contributed by atoms with Crippen LogP contribution >= 0.6 is 23.2 Å². The quantitative estimate of drug-likeness (QED) is 0.413. The fourth-order valence-electron chi connectivity index (χ4n) is 2.46. The monoisotopic (exact) mass is 384 g/mol. The molecule has 1 atom stereocenters. The zero-order chi connectivity index (χ0) is 18.5. The third-order valence-electron chi connectivity index (χ3n) is 3.79. The highest BCUT2D eigenvalue weighted by Crippen LogP contribution is 2.27. The smallest absolute Gasteiger partial charge is 0.340 e. The number of ether oxygens (including phenoxy) is 1. The number of hydrogen-bond acceptors (Lipinski definition) is 3. The summed E-state index contributed by atoms with van der Waals surface area (Å²) in [6, 6.07) is 21.8. The summed E-state index contributed by atoms with van der Waals surface area (Å²) in [7, 11) is 0. The molecule has 0 saturated heterocycles. The minimum atomic E-state index is -1.10. The highest BCUT2D eigenvalue weighted by atomic mass is 35.5. The number of carbonyl (C=O) groups excluding carboxylic acids is 2. The molecule has 26 heavy (non-hydrogen) atoms. The molecular weight excluding hydrogens is 371 g/mol. The van der Waals surface area contributed by atoms with Crippen molar-refractivity contribution in [3.63, 3.8) is 0 Å². The van der Waals surface area contributed by atoms with Gasteiger partial charge in [0.05, 0.1) is 10.6 Å². The van der Waals surface area contributed by atoms with Crippen LogP contribution in [0.5, 0.6) is 0 Å². The van der Waals surface area contributed by atoms with Crippen LogP contribution in [0.25, 0.3) is 0 Å². The maximum Gasteiger partial charge on any atom is 0.340 e. The zero-order valence-electron chi connectivity index (χ0n) is 13.6. The summed E-state index contributed by atoms with van der Waals surface area (Å²) in [6.07, 6.45) is -1.10. The minimum Gasteiger partial charge on any atom is -0.445 e. The maximum atomic E-state index is 12.9. The molecule has 130 valence electrons. The van der Waals surface area contributed by atoms with Gasteiger partial charge in [-0.3, -0.25) is 4.79 Å². The molecule has 0 spiro atoms. The molecule has 3 nitrogen and oxygen atoms in total. The van der Waals surface area contributed by atoms with E-state index in [0.717, 1.165) is 0 Å². The summed E-state index contributed by atoms with van der Waals surface area (Å²) in [5.74, 6) is -0.992. The van der Waals surface area contributed by atoms with E-state index in [2.05, 4.69) is 0 Å². The average molecular weight is 385 g/mol. The maximum absolute atomic E-state index is 12.9. The molecule has 5 heteroatoms. The number of hydrogen-bond donors (Lipinski definition) is 0. The van der Waals surface area contributed by atoms with E-state index in [0.29, 0.717) is 16.1 Å². The van der Waals surface area contributed by atoms with Crippen molar-refractivity contribution in [2.24, 2.45) is 0 Å². The largest absolute Gasteiger partial charge is 0.445 e. The Hall–Kier alpha value is -2.62. The Morgan fingerprint density at radius 3 is 2.04 bits per heavy atom. The van der Waals surface area contributed by atoms with Crippen molar-refractivity contribution < 1.29 is 14.3 Å². The van der Waals surface area contributed by atoms with Crippen LogP contribution < -0.4 is 0 Å². The van der Waals surface area contributed by atoms with E-state index >= 15 is 0 Å². The number of ketones is 1. The van der Waals surface area contributed by atoms with Crippen molar-refractivity contribution in [1.29, 1.82) is 0 Å². The molecule has 0 heterocycles. The third kappa shape index (κ3) is 4.13. The van der Waals surface area contributed by atoms with Gasteiger partial charge in [0, 0.05) is 16.1 Å². The first kappa shape index (κ1) is 18.2. The van der Waals surface area contributed by atoms with Gasteiger partial charge in [0.25, 0.3) is 0 Å². The van der Waals surface area contributed by atoms with Gasteiger partial charge in [-0.05, 0) is 24.3 Å². The second-order valence-electron chi connectivity index (χ2n) is 5.55. The Balaban J connectivity index is 1.95. The van der Waals surface area contributed by atoms with Crippen molar-refractivity contribution in [3.8, 4) is 0 Å². The van der Waals surface area contributed by atoms with Crippen molar-refractivity contribution in [2.75, 3.05) is 0 Å². The fraction of sp³-hybridized carbons (Fsp3) is 0.0476. The second kappa shape index (κ2) is 8.17. The molecule has 3 rings (SSSR count). The summed E-state index contributed by atoms with van der Waals surface area (Å²) in [5, 5.41) is 0.789. The van der Waals surface area contributed by atoms with E-state index in [1.807, 2.05) is 6.07 Å². The number of halogens is 2. The Bertz CT molecular complexity index is 922. The zero-order valence-corrected chi connectivity index (χ0v) is 15.1. The predicted octanol–water partition coefficient (Wildman–Crippen LogP) is 5.77. The molecule has 0 unspecified atom stereocenters. The van der Waals surface area contributed by atoms with Crippen LogP contribution in [-0.2, 0) is 4.74 Å².